The molecule has 0 aliphatic rings. The van der Waals surface area contributed by atoms with Crippen molar-refractivity contribution in [2.24, 2.45) is 5.14 Å². The van der Waals surface area contributed by atoms with Gasteiger partial charge in [0, 0.05) is 10.6 Å². The summed E-state index contributed by atoms with van der Waals surface area (Å²) >= 11 is 5.82. The number of nitrogens with one attached hydrogen (secondary N) is 1. The van der Waals surface area contributed by atoms with Crippen molar-refractivity contribution in [2.45, 2.75) is 17.9 Å². The average molecular weight is 339 g/mol. The minimum absolute atomic E-state index is 0.0326. The van der Waals surface area contributed by atoms with Gasteiger partial charge in [0.15, 0.2) is 0 Å². The van der Waals surface area contributed by atoms with Crippen molar-refractivity contribution in [1.82, 2.24) is 5.32 Å². The zero-order chi connectivity index (χ0) is 16.3. The number of nitrogens with two attached hydrogens (primary N) is 1. The molecule has 0 aromatic heterocycles. The van der Waals surface area contributed by atoms with Crippen LogP contribution in [0.2, 0.25) is 5.02 Å². The summed E-state index contributed by atoms with van der Waals surface area (Å²) in [6, 6.07) is 12.4. The quantitative estimate of drug-likeness (QED) is 0.897. The van der Waals surface area contributed by atoms with E-state index in [1.807, 2.05) is 19.1 Å². The Hall–Kier alpha value is -1.89. The van der Waals surface area contributed by atoms with Crippen molar-refractivity contribution in [3.8, 4) is 0 Å². The molecule has 2 aromatic rings. The van der Waals surface area contributed by atoms with Gasteiger partial charge in [-0.25, -0.2) is 13.6 Å². The van der Waals surface area contributed by atoms with E-state index in [2.05, 4.69) is 5.32 Å². The van der Waals surface area contributed by atoms with Crippen LogP contribution in [0, 0.1) is 0 Å². The van der Waals surface area contributed by atoms with Crippen molar-refractivity contribution < 1.29 is 13.2 Å². The number of amides is 1. The summed E-state index contributed by atoms with van der Waals surface area (Å²) in [5.41, 5.74) is 1.27. The highest BCUT2D eigenvalue weighted by atomic mass is 35.5. The normalized spacial score (nSPS) is 12.7. The van der Waals surface area contributed by atoms with Crippen LogP contribution in [-0.2, 0) is 10.0 Å². The van der Waals surface area contributed by atoms with Crippen LogP contribution >= 0.6 is 11.6 Å². The lowest BCUT2D eigenvalue weighted by Crippen LogP contribution is -2.26. The number of hydrogen-bond donors (Lipinski definition) is 2. The number of sulfonamides is 1. The lowest BCUT2D eigenvalue weighted by molar-refractivity contribution is 0.0940. The van der Waals surface area contributed by atoms with E-state index in [-0.39, 0.29) is 16.8 Å². The number of carbonyl (C=O) groups excluding carboxylic acids is 1. The Kier molecular flexibility index (Phi) is 4.85. The second kappa shape index (κ2) is 6.48. The molecule has 0 radical (unpaired) electrons. The van der Waals surface area contributed by atoms with Crippen molar-refractivity contribution in [3.63, 3.8) is 0 Å². The highest BCUT2D eigenvalue weighted by Crippen LogP contribution is 2.17. The molecule has 0 spiro atoms. The summed E-state index contributed by atoms with van der Waals surface area (Å²) < 4.78 is 22.3. The SMILES string of the molecule is CC(NC(=O)c1ccc(S(N)(=O)=O)cc1)c1ccc(Cl)cc1. The van der Waals surface area contributed by atoms with Crippen LogP contribution in [0.3, 0.4) is 0 Å². The first kappa shape index (κ1) is 16.5. The molecular formula is C15H15ClN2O3S. The maximum atomic E-state index is 12.1. The standard InChI is InChI=1S/C15H15ClN2O3S/c1-10(11-2-6-13(16)7-3-11)18-15(19)12-4-8-14(9-5-12)22(17,20)21/h2-10H,1H3,(H,18,19)(H2,17,20,21). The maximum absolute atomic E-state index is 12.1. The van der Waals surface area contributed by atoms with Gasteiger partial charge in [0.05, 0.1) is 10.9 Å². The molecule has 1 atom stereocenters. The van der Waals surface area contributed by atoms with Crippen LogP contribution in [0.5, 0.6) is 0 Å². The maximum Gasteiger partial charge on any atom is 0.251 e. The molecule has 0 bridgehead atoms. The molecule has 0 aliphatic carbocycles. The summed E-state index contributed by atoms with van der Waals surface area (Å²) in [5, 5.41) is 8.47. The highest BCUT2D eigenvalue weighted by Gasteiger charge is 2.13. The molecule has 0 fully saturated rings. The number of halogens is 1. The molecule has 5 nitrogen and oxygen atoms in total. The summed E-state index contributed by atoms with van der Waals surface area (Å²) in [4.78, 5) is 12.1. The van der Waals surface area contributed by atoms with Gasteiger partial charge in [-0.3, -0.25) is 4.79 Å². The Balaban J connectivity index is 2.10. The van der Waals surface area contributed by atoms with Crippen molar-refractivity contribution in [3.05, 3.63) is 64.7 Å². The summed E-state index contributed by atoms with van der Waals surface area (Å²) in [5.74, 6) is -0.302. The minimum Gasteiger partial charge on any atom is -0.346 e. The van der Waals surface area contributed by atoms with E-state index in [9.17, 15) is 13.2 Å². The van der Waals surface area contributed by atoms with E-state index in [4.69, 9.17) is 16.7 Å². The van der Waals surface area contributed by atoms with Gasteiger partial charge in [0.2, 0.25) is 10.0 Å². The molecule has 116 valence electrons. The van der Waals surface area contributed by atoms with E-state index >= 15 is 0 Å². The van der Waals surface area contributed by atoms with E-state index in [0.29, 0.717) is 10.6 Å². The van der Waals surface area contributed by atoms with Gasteiger partial charge < -0.3 is 5.32 Å². The van der Waals surface area contributed by atoms with E-state index in [0.717, 1.165) is 5.56 Å². The third-order valence-electron chi connectivity index (χ3n) is 3.16. The summed E-state index contributed by atoms with van der Waals surface area (Å²) in [7, 11) is -3.76. The first-order valence-corrected chi connectivity index (χ1v) is 8.39. The first-order chi connectivity index (χ1) is 10.3. The van der Waals surface area contributed by atoms with Crippen molar-refractivity contribution in [1.29, 1.82) is 0 Å². The van der Waals surface area contributed by atoms with Crippen LogP contribution in [0.15, 0.2) is 53.4 Å². The molecule has 0 saturated heterocycles. The van der Waals surface area contributed by atoms with Gasteiger partial charge in [-0.2, -0.15) is 0 Å². The second-order valence-electron chi connectivity index (χ2n) is 4.82. The Morgan fingerprint density at radius 2 is 1.64 bits per heavy atom. The molecule has 22 heavy (non-hydrogen) atoms. The van der Waals surface area contributed by atoms with Crippen LogP contribution in [0.4, 0.5) is 0 Å². The minimum atomic E-state index is -3.76. The number of primary sulfonamides is 1. The van der Waals surface area contributed by atoms with Crippen molar-refractivity contribution in [2.75, 3.05) is 0 Å². The molecule has 2 aromatic carbocycles. The Morgan fingerprint density at radius 3 is 2.14 bits per heavy atom. The smallest absolute Gasteiger partial charge is 0.251 e. The topological polar surface area (TPSA) is 89.3 Å². The van der Waals surface area contributed by atoms with E-state index in [1.165, 1.54) is 24.3 Å². The molecule has 1 amide bonds. The number of rotatable bonds is 4. The summed E-state index contributed by atoms with van der Waals surface area (Å²) in [6.45, 7) is 1.85. The monoisotopic (exact) mass is 338 g/mol. The highest BCUT2D eigenvalue weighted by molar-refractivity contribution is 7.89. The second-order valence-corrected chi connectivity index (χ2v) is 6.81. The fraction of sp³-hybridized carbons (Fsp3) is 0.133. The average Bonchev–Trinajstić information content (AvgIpc) is 2.47. The lowest BCUT2D eigenvalue weighted by Gasteiger charge is -2.14. The molecule has 2 rings (SSSR count). The molecular weight excluding hydrogens is 324 g/mol. The number of benzene rings is 2. The molecule has 0 saturated carbocycles. The predicted molar refractivity (Wildman–Crippen MR) is 85.1 cm³/mol. The molecule has 3 N–H and O–H groups in total. The Labute approximate surface area is 134 Å². The fourth-order valence-corrected chi connectivity index (χ4v) is 2.55. The summed E-state index contributed by atoms with van der Waals surface area (Å²) in [6.07, 6.45) is 0. The van der Waals surface area contributed by atoms with E-state index < -0.39 is 10.0 Å². The van der Waals surface area contributed by atoms with Crippen LogP contribution in [0.25, 0.3) is 0 Å². The van der Waals surface area contributed by atoms with Gasteiger partial charge in [0.1, 0.15) is 0 Å². The molecule has 1 unspecified atom stereocenters. The van der Waals surface area contributed by atoms with Gasteiger partial charge in [-0.05, 0) is 48.9 Å². The fourth-order valence-electron chi connectivity index (χ4n) is 1.91. The Bertz CT molecular complexity index is 771. The lowest BCUT2D eigenvalue weighted by atomic mass is 10.1. The first-order valence-electron chi connectivity index (χ1n) is 6.46. The van der Waals surface area contributed by atoms with Gasteiger partial charge in [-0.1, -0.05) is 23.7 Å². The molecule has 0 heterocycles. The van der Waals surface area contributed by atoms with Crippen LogP contribution < -0.4 is 10.5 Å². The van der Waals surface area contributed by atoms with E-state index in [1.54, 1.807) is 12.1 Å². The zero-order valence-electron chi connectivity index (χ0n) is 11.8. The number of hydrogen-bond acceptors (Lipinski definition) is 3. The largest absolute Gasteiger partial charge is 0.346 e. The predicted octanol–water partition coefficient (Wildman–Crippen LogP) is 2.48. The van der Waals surface area contributed by atoms with Crippen molar-refractivity contribution >= 4 is 27.5 Å². The van der Waals surface area contributed by atoms with Crippen LogP contribution in [0.1, 0.15) is 28.9 Å². The third kappa shape index (κ3) is 4.07. The van der Waals surface area contributed by atoms with Gasteiger partial charge >= 0.3 is 0 Å². The Morgan fingerprint density at radius 1 is 1.09 bits per heavy atom. The molecule has 0 aliphatic heterocycles. The number of carbonyl (C=O) groups is 1. The van der Waals surface area contributed by atoms with Crippen LogP contribution in [-0.4, -0.2) is 14.3 Å². The van der Waals surface area contributed by atoms with Gasteiger partial charge in [-0.15, -0.1) is 0 Å². The zero-order valence-corrected chi connectivity index (χ0v) is 13.4. The molecule has 7 heteroatoms. The van der Waals surface area contributed by atoms with Gasteiger partial charge in [0.25, 0.3) is 5.91 Å². The third-order valence-corrected chi connectivity index (χ3v) is 4.34.